The first-order valence-electron chi connectivity index (χ1n) is 8.75. The fraction of sp³-hybridized carbons (Fsp3) is 0.588. The summed E-state index contributed by atoms with van der Waals surface area (Å²) in [5.41, 5.74) is 1.17. The molecule has 1 aromatic rings. The number of aromatic carboxylic acids is 1. The number of carboxylic acid groups (broad SMARTS) is 1. The van der Waals surface area contributed by atoms with Crippen molar-refractivity contribution in [2.45, 2.75) is 42.3 Å². The van der Waals surface area contributed by atoms with E-state index in [1.807, 2.05) is 12.1 Å². The summed E-state index contributed by atoms with van der Waals surface area (Å²) in [7, 11) is -0.866. The molecule has 4 rings (SSSR count). The summed E-state index contributed by atoms with van der Waals surface area (Å²) < 4.78 is 5.57. The molecule has 128 valence electrons. The highest BCUT2D eigenvalue weighted by molar-refractivity contribution is 7.99. The van der Waals surface area contributed by atoms with E-state index in [2.05, 4.69) is 4.90 Å². The molecule has 2 heterocycles. The third-order valence-electron chi connectivity index (χ3n) is 5.32. The molecule has 24 heavy (non-hydrogen) atoms. The van der Waals surface area contributed by atoms with E-state index in [4.69, 9.17) is 4.65 Å². The third-order valence-corrected chi connectivity index (χ3v) is 6.36. The Balaban J connectivity index is 1.50. The van der Waals surface area contributed by atoms with Crippen LogP contribution >= 0.6 is 11.8 Å². The Hall–Kier alpha value is -1.18. The van der Waals surface area contributed by atoms with Crippen molar-refractivity contribution in [3.63, 3.8) is 0 Å². The van der Waals surface area contributed by atoms with Crippen molar-refractivity contribution < 1.29 is 19.6 Å². The molecule has 3 aliphatic rings. The Bertz CT molecular complexity index is 650. The minimum Gasteiger partial charge on any atom is -0.535 e. The largest absolute Gasteiger partial charge is 0.535 e. The lowest BCUT2D eigenvalue weighted by Crippen LogP contribution is -2.31. The number of hydrogen-bond donors (Lipinski definition) is 2. The molecular weight excluding hydrogens is 325 g/mol. The van der Waals surface area contributed by atoms with Crippen LogP contribution in [0.3, 0.4) is 0 Å². The van der Waals surface area contributed by atoms with Gasteiger partial charge in [-0.1, -0.05) is 12.5 Å². The molecule has 2 atom stereocenters. The average molecular weight is 347 g/mol. The molecule has 2 N–H and O–H groups in total. The summed E-state index contributed by atoms with van der Waals surface area (Å²) in [5.74, 6) is 0.676. The van der Waals surface area contributed by atoms with Gasteiger partial charge in [0.05, 0.1) is 0 Å². The van der Waals surface area contributed by atoms with E-state index < -0.39 is 13.1 Å². The van der Waals surface area contributed by atoms with E-state index in [0.717, 1.165) is 42.3 Å². The highest BCUT2D eigenvalue weighted by atomic mass is 32.2. The smallest absolute Gasteiger partial charge is 0.526 e. The van der Waals surface area contributed by atoms with Crippen LogP contribution in [0.1, 0.15) is 47.5 Å². The lowest BCUT2D eigenvalue weighted by molar-refractivity contribution is 0.0690. The molecule has 1 saturated carbocycles. The number of rotatable bonds is 5. The summed E-state index contributed by atoms with van der Waals surface area (Å²) in [6.07, 6.45) is 4.73. The number of carbonyl (C=O) groups is 1. The van der Waals surface area contributed by atoms with Crippen LogP contribution in [0.5, 0.6) is 5.75 Å². The van der Waals surface area contributed by atoms with Gasteiger partial charge in [0.15, 0.2) is 0 Å². The molecule has 1 aromatic carbocycles. The van der Waals surface area contributed by atoms with E-state index in [-0.39, 0.29) is 17.3 Å². The zero-order valence-corrected chi connectivity index (χ0v) is 14.4. The summed E-state index contributed by atoms with van der Waals surface area (Å²) in [6.45, 7) is 3.28. The highest BCUT2D eigenvalue weighted by Gasteiger charge is 2.54. The van der Waals surface area contributed by atoms with Crippen molar-refractivity contribution in [2.24, 2.45) is 0 Å². The van der Waals surface area contributed by atoms with Gasteiger partial charge in [-0.25, -0.2) is 4.79 Å². The first-order valence-corrected chi connectivity index (χ1v) is 9.74. The van der Waals surface area contributed by atoms with Gasteiger partial charge in [-0.05, 0) is 49.9 Å². The fourth-order valence-electron chi connectivity index (χ4n) is 3.89. The second-order valence-corrected chi connectivity index (χ2v) is 8.06. The van der Waals surface area contributed by atoms with Crippen LogP contribution in [0.15, 0.2) is 17.0 Å². The predicted molar refractivity (Wildman–Crippen MR) is 94.1 cm³/mol. The van der Waals surface area contributed by atoms with Crippen molar-refractivity contribution in [2.75, 3.05) is 25.4 Å². The number of nitrogens with zero attached hydrogens (tertiary/aromatic N) is 1. The molecule has 2 aliphatic heterocycles. The van der Waals surface area contributed by atoms with Crippen LogP contribution in [-0.2, 0) is 0 Å². The van der Waals surface area contributed by atoms with Gasteiger partial charge >= 0.3 is 13.1 Å². The van der Waals surface area contributed by atoms with Gasteiger partial charge in [0.1, 0.15) is 11.3 Å². The van der Waals surface area contributed by atoms with Gasteiger partial charge in [-0.15, -0.1) is 11.8 Å². The Morgan fingerprint density at radius 1 is 1.33 bits per heavy atom. The van der Waals surface area contributed by atoms with Crippen molar-refractivity contribution in [3.05, 3.63) is 23.3 Å². The van der Waals surface area contributed by atoms with Crippen LogP contribution in [0.4, 0.5) is 0 Å². The van der Waals surface area contributed by atoms with E-state index in [1.54, 1.807) is 11.8 Å². The molecule has 7 heteroatoms. The first-order chi connectivity index (χ1) is 11.6. The number of thioether (sulfide) groups is 1. The number of carboxylic acids is 1. The Kier molecular flexibility index (Phi) is 4.49. The van der Waals surface area contributed by atoms with E-state index in [9.17, 15) is 14.9 Å². The molecule has 2 fully saturated rings. The van der Waals surface area contributed by atoms with Gasteiger partial charge in [-0.2, -0.15) is 0 Å². The van der Waals surface area contributed by atoms with Crippen LogP contribution < -0.4 is 4.65 Å². The number of fused-ring (bicyclic) bond motifs is 3. The second kappa shape index (κ2) is 6.62. The molecule has 0 spiro atoms. The second-order valence-electron chi connectivity index (χ2n) is 6.93. The van der Waals surface area contributed by atoms with Crippen LogP contribution in [0.25, 0.3) is 0 Å². The van der Waals surface area contributed by atoms with Gasteiger partial charge in [0, 0.05) is 23.0 Å². The molecule has 1 saturated heterocycles. The Morgan fingerprint density at radius 3 is 2.88 bits per heavy atom. The summed E-state index contributed by atoms with van der Waals surface area (Å²) >= 11 is 1.57. The minimum atomic E-state index is -0.973. The molecule has 0 radical (unpaired) electrons. The first kappa shape index (κ1) is 16.3. The topological polar surface area (TPSA) is 70.0 Å². The molecule has 5 nitrogen and oxygen atoms in total. The number of piperidine rings is 1. The maximum absolute atomic E-state index is 11.8. The van der Waals surface area contributed by atoms with E-state index in [0.29, 0.717) is 5.75 Å². The third kappa shape index (κ3) is 3.05. The number of benzene rings is 1. The highest BCUT2D eigenvalue weighted by Crippen LogP contribution is 2.60. The summed E-state index contributed by atoms with van der Waals surface area (Å²) in [6, 6.07) is 3.90. The number of likely N-dealkylation sites (tertiary alicyclic amines) is 1. The quantitative estimate of drug-likeness (QED) is 0.630. The summed E-state index contributed by atoms with van der Waals surface area (Å²) in [4.78, 5) is 15.0. The van der Waals surface area contributed by atoms with Crippen molar-refractivity contribution in [3.8, 4) is 5.75 Å². The molecule has 1 aliphatic carbocycles. The van der Waals surface area contributed by atoms with Crippen molar-refractivity contribution in [1.82, 2.24) is 4.90 Å². The van der Waals surface area contributed by atoms with Gasteiger partial charge in [0.25, 0.3) is 0 Å². The SMILES string of the molecule is O=C(O)c1c(SCCN2CCCCC2)ccc2c1OB(O)C1CC21. The molecule has 0 aromatic heterocycles. The zero-order chi connectivity index (χ0) is 16.7. The normalized spacial score (nSPS) is 25.6. The van der Waals surface area contributed by atoms with Crippen LogP contribution in [0, 0.1) is 0 Å². The summed E-state index contributed by atoms with van der Waals surface area (Å²) in [5, 5.41) is 19.7. The zero-order valence-electron chi connectivity index (χ0n) is 13.6. The van der Waals surface area contributed by atoms with E-state index >= 15 is 0 Å². The van der Waals surface area contributed by atoms with Gasteiger partial charge in [0.2, 0.25) is 0 Å². The monoisotopic (exact) mass is 347 g/mol. The maximum atomic E-state index is 11.8. The number of hydrogen-bond acceptors (Lipinski definition) is 5. The molecule has 0 amide bonds. The lowest BCUT2D eigenvalue weighted by Gasteiger charge is -2.26. The van der Waals surface area contributed by atoms with Gasteiger partial charge < -0.3 is 19.7 Å². The molecule has 0 bridgehead atoms. The van der Waals surface area contributed by atoms with E-state index in [1.165, 1.54) is 19.3 Å². The standard InChI is InChI=1S/C17H22BNO4S/c20-17(21)15-14(24-9-8-19-6-2-1-3-7-19)5-4-11-12-10-13(12)18(22)23-16(11)15/h4-5,12-13,22H,1-3,6-10H2,(H,20,21). The average Bonchev–Trinajstić information content (AvgIpc) is 3.37. The van der Waals surface area contributed by atoms with Crippen molar-refractivity contribution >= 4 is 24.8 Å². The lowest BCUT2D eigenvalue weighted by atomic mass is 9.77. The maximum Gasteiger partial charge on any atom is 0.526 e. The Morgan fingerprint density at radius 2 is 2.12 bits per heavy atom. The van der Waals surface area contributed by atoms with Gasteiger partial charge in [-0.3, -0.25) is 0 Å². The Labute approximate surface area is 146 Å². The predicted octanol–water partition coefficient (Wildman–Crippen LogP) is 2.69. The van der Waals surface area contributed by atoms with Crippen molar-refractivity contribution in [1.29, 1.82) is 0 Å². The fourth-order valence-corrected chi connectivity index (χ4v) is 4.94. The van der Waals surface area contributed by atoms with Crippen LogP contribution in [0.2, 0.25) is 5.82 Å². The molecular formula is C17H22BNO4S. The molecule has 2 unspecified atom stereocenters. The minimum absolute atomic E-state index is 0.136. The van der Waals surface area contributed by atoms with Crippen LogP contribution in [-0.4, -0.2) is 53.5 Å².